The maximum absolute atomic E-state index is 6.16. The van der Waals surface area contributed by atoms with Crippen LogP contribution in [0.15, 0.2) is 18.2 Å². The number of benzene rings is 1. The number of halogens is 2. The molecule has 82 valence electrons. The molecule has 1 aliphatic rings. The molecule has 1 heterocycles. The largest absolute Gasteiger partial charge is 0.370 e. The normalized spacial score (nSPS) is 21.0. The molecule has 1 aromatic rings. The smallest absolute Gasteiger partial charge is 0.0825 e. The van der Waals surface area contributed by atoms with Crippen LogP contribution in [0.2, 0.25) is 10.0 Å². The van der Waals surface area contributed by atoms with Crippen molar-refractivity contribution in [2.75, 3.05) is 24.5 Å². The van der Waals surface area contributed by atoms with Gasteiger partial charge in [-0.2, -0.15) is 0 Å². The van der Waals surface area contributed by atoms with Gasteiger partial charge in [0.25, 0.3) is 0 Å². The van der Waals surface area contributed by atoms with E-state index >= 15 is 0 Å². The maximum Gasteiger partial charge on any atom is 0.0825 e. The Kier molecular flexibility index (Phi) is 3.39. The summed E-state index contributed by atoms with van der Waals surface area (Å²) in [5.74, 6) is 0.583. The highest BCUT2D eigenvalue weighted by molar-refractivity contribution is 6.43. The minimum atomic E-state index is 0.583. The summed E-state index contributed by atoms with van der Waals surface area (Å²) in [6.45, 7) is 2.74. The summed E-state index contributed by atoms with van der Waals surface area (Å²) >= 11 is 12.1. The van der Waals surface area contributed by atoms with E-state index in [1.54, 1.807) is 0 Å². The lowest BCUT2D eigenvalue weighted by molar-refractivity contribution is 0.602. The molecule has 0 bridgehead atoms. The Bertz CT molecular complexity index is 354. The average Bonchev–Trinajstić information content (AvgIpc) is 2.70. The highest BCUT2D eigenvalue weighted by atomic mass is 35.5. The first kappa shape index (κ1) is 11.1. The third kappa shape index (κ3) is 2.22. The van der Waals surface area contributed by atoms with Crippen molar-refractivity contribution in [2.24, 2.45) is 11.7 Å². The average molecular weight is 245 g/mol. The highest BCUT2D eigenvalue weighted by Crippen LogP contribution is 2.34. The first-order valence-electron chi connectivity index (χ1n) is 5.11. The summed E-state index contributed by atoms with van der Waals surface area (Å²) in [7, 11) is 0. The van der Waals surface area contributed by atoms with Crippen LogP contribution in [-0.4, -0.2) is 19.6 Å². The third-order valence-electron chi connectivity index (χ3n) is 2.89. The second-order valence-electron chi connectivity index (χ2n) is 3.91. The van der Waals surface area contributed by atoms with E-state index in [1.165, 1.54) is 0 Å². The van der Waals surface area contributed by atoms with Gasteiger partial charge in [0.15, 0.2) is 0 Å². The molecule has 2 N–H and O–H groups in total. The van der Waals surface area contributed by atoms with E-state index in [0.29, 0.717) is 16.0 Å². The van der Waals surface area contributed by atoms with Gasteiger partial charge in [-0.25, -0.2) is 0 Å². The van der Waals surface area contributed by atoms with E-state index in [0.717, 1.165) is 31.7 Å². The van der Waals surface area contributed by atoms with Crippen molar-refractivity contribution in [1.29, 1.82) is 0 Å². The summed E-state index contributed by atoms with van der Waals surface area (Å²) in [4.78, 5) is 2.26. The molecular formula is C11H14Cl2N2. The van der Waals surface area contributed by atoms with Crippen molar-refractivity contribution in [3.63, 3.8) is 0 Å². The van der Waals surface area contributed by atoms with Gasteiger partial charge >= 0.3 is 0 Å². The van der Waals surface area contributed by atoms with Crippen LogP contribution in [0.5, 0.6) is 0 Å². The summed E-state index contributed by atoms with van der Waals surface area (Å²) < 4.78 is 0. The quantitative estimate of drug-likeness (QED) is 0.868. The van der Waals surface area contributed by atoms with Crippen molar-refractivity contribution in [3.8, 4) is 0 Å². The molecule has 1 aliphatic heterocycles. The van der Waals surface area contributed by atoms with Crippen molar-refractivity contribution < 1.29 is 0 Å². The number of anilines is 1. The van der Waals surface area contributed by atoms with Gasteiger partial charge in [-0.1, -0.05) is 29.3 Å². The minimum absolute atomic E-state index is 0.583. The van der Waals surface area contributed by atoms with E-state index < -0.39 is 0 Å². The molecule has 2 rings (SSSR count). The first-order valence-corrected chi connectivity index (χ1v) is 5.87. The molecule has 15 heavy (non-hydrogen) atoms. The van der Waals surface area contributed by atoms with Crippen LogP contribution < -0.4 is 10.6 Å². The van der Waals surface area contributed by atoms with Gasteiger partial charge in [0.2, 0.25) is 0 Å². The third-order valence-corrected chi connectivity index (χ3v) is 3.70. The zero-order valence-electron chi connectivity index (χ0n) is 8.42. The monoisotopic (exact) mass is 244 g/mol. The van der Waals surface area contributed by atoms with Crippen LogP contribution in [-0.2, 0) is 0 Å². The Labute approximate surface area is 100.0 Å². The number of hydrogen-bond acceptors (Lipinski definition) is 2. The van der Waals surface area contributed by atoms with Gasteiger partial charge in [-0.3, -0.25) is 0 Å². The molecule has 0 aliphatic carbocycles. The van der Waals surface area contributed by atoms with E-state index in [4.69, 9.17) is 28.9 Å². The van der Waals surface area contributed by atoms with Crippen LogP contribution in [0, 0.1) is 5.92 Å². The topological polar surface area (TPSA) is 29.3 Å². The lowest BCUT2D eigenvalue weighted by Crippen LogP contribution is -2.22. The molecular weight excluding hydrogens is 231 g/mol. The predicted octanol–water partition coefficient (Wildman–Crippen LogP) is 2.78. The Morgan fingerprint density at radius 2 is 2.20 bits per heavy atom. The van der Waals surface area contributed by atoms with E-state index in [2.05, 4.69) is 4.90 Å². The highest BCUT2D eigenvalue weighted by Gasteiger charge is 2.23. The van der Waals surface area contributed by atoms with Crippen LogP contribution >= 0.6 is 23.2 Å². The molecule has 1 fully saturated rings. The van der Waals surface area contributed by atoms with Crippen LogP contribution in [0.1, 0.15) is 6.42 Å². The Morgan fingerprint density at radius 1 is 1.40 bits per heavy atom. The molecule has 1 unspecified atom stereocenters. The molecule has 0 radical (unpaired) electrons. The predicted molar refractivity (Wildman–Crippen MR) is 65.8 cm³/mol. The summed E-state index contributed by atoms with van der Waals surface area (Å²) in [6.07, 6.45) is 1.14. The molecule has 0 amide bonds. The fourth-order valence-electron chi connectivity index (χ4n) is 1.98. The Morgan fingerprint density at radius 3 is 2.87 bits per heavy atom. The molecule has 1 atom stereocenters. The molecule has 0 saturated carbocycles. The van der Waals surface area contributed by atoms with Gasteiger partial charge in [0.05, 0.1) is 15.7 Å². The van der Waals surface area contributed by atoms with E-state index in [1.807, 2.05) is 18.2 Å². The minimum Gasteiger partial charge on any atom is -0.370 e. The second kappa shape index (κ2) is 4.60. The summed E-state index contributed by atoms with van der Waals surface area (Å²) in [5, 5.41) is 1.27. The molecule has 1 aromatic carbocycles. The van der Waals surface area contributed by atoms with Crippen molar-refractivity contribution >= 4 is 28.9 Å². The Balaban J connectivity index is 2.20. The van der Waals surface area contributed by atoms with Crippen LogP contribution in [0.25, 0.3) is 0 Å². The van der Waals surface area contributed by atoms with Gasteiger partial charge < -0.3 is 10.6 Å². The van der Waals surface area contributed by atoms with Crippen molar-refractivity contribution in [1.82, 2.24) is 0 Å². The molecule has 1 saturated heterocycles. The van der Waals surface area contributed by atoms with E-state index in [-0.39, 0.29) is 0 Å². The zero-order valence-corrected chi connectivity index (χ0v) is 9.93. The van der Waals surface area contributed by atoms with Crippen LogP contribution in [0.4, 0.5) is 5.69 Å². The second-order valence-corrected chi connectivity index (χ2v) is 4.69. The maximum atomic E-state index is 6.16. The van der Waals surface area contributed by atoms with E-state index in [9.17, 15) is 0 Å². The van der Waals surface area contributed by atoms with Gasteiger partial charge in [-0.05, 0) is 31.0 Å². The fourth-order valence-corrected chi connectivity index (χ4v) is 2.40. The van der Waals surface area contributed by atoms with Crippen molar-refractivity contribution in [3.05, 3.63) is 28.2 Å². The molecule has 2 nitrogen and oxygen atoms in total. The number of nitrogens with two attached hydrogens (primary N) is 1. The van der Waals surface area contributed by atoms with Gasteiger partial charge in [0, 0.05) is 13.1 Å². The molecule has 0 aromatic heterocycles. The fraction of sp³-hybridized carbons (Fsp3) is 0.455. The number of rotatable bonds is 2. The Hall–Kier alpha value is -0.440. The summed E-state index contributed by atoms with van der Waals surface area (Å²) in [5.41, 5.74) is 6.68. The standard InChI is InChI=1S/C11H14Cl2N2/c12-9-2-1-3-10(11(9)13)15-5-4-8(6-14)7-15/h1-3,8H,4-7,14H2. The lowest BCUT2D eigenvalue weighted by atomic mass is 10.1. The SMILES string of the molecule is NCC1CCN(c2cccc(Cl)c2Cl)C1. The first-order chi connectivity index (χ1) is 7.22. The molecule has 4 heteroatoms. The van der Waals surface area contributed by atoms with Gasteiger partial charge in [-0.15, -0.1) is 0 Å². The zero-order chi connectivity index (χ0) is 10.8. The van der Waals surface area contributed by atoms with Crippen molar-refractivity contribution in [2.45, 2.75) is 6.42 Å². The molecule has 0 spiro atoms. The summed E-state index contributed by atoms with van der Waals surface area (Å²) in [6, 6.07) is 5.75. The lowest BCUT2D eigenvalue weighted by Gasteiger charge is -2.20. The number of hydrogen-bond donors (Lipinski definition) is 1. The van der Waals surface area contributed by atoms with Gasteiger partial charge in [0.1, 0.15) is 0 Å². The van der Waals surface area contributed by atoms with Crippen LogP contribution in [0.3, 0.4) is 0 Å². The number of nitrogens with zero attached hydrogens (tertiary/aromatic N) is 1.